The van der Waals surface area contributed by atoms with Gasteiger partial charge in [0.1, 0.15) is 0 Å². The van der Waals surface area contributed by atoms with Crippen LogP contribution in [0.5, 0.6) is 0 Å². The average molecular weight is 185 g/mol. The van der Waals surface area contributed by atoms with Crippen molar-refractivity contribution >= 4 is 0 Å². The minimum Gasteiger partial charge on any atom is -0.304 e. The van der Waals surface area contributed by atoms with Crippen LogP contribution in [-0.2, 0) is 0 Å². The topological polar surface area (TPSA) is 3.24 Å². The SMILES string of the molecule is CCCCCCCCN(CC)CC. The van der Waals surface area contributed by atoms with E-state index in [1.807, 2.05) is 0 Å². The molecule has 0 aromatic rings. The molecule has 0 radical (unpaired) electrons. The van der Waals surface area contributed by atoms with Crippen molar-refractivity contribution in [2.75, 3.05) is 19.6 Å². The first-order valence-corrected chi connectivity index (χ1v) is 6.07. The van der Waals surface area contributed by atoms with Gasteiger partial charge in [-0.15, -0.1) is 0 Å². The van der Waals surface area contributed by atoms with E-state index in [4.69, 9.17) is 0 Å². The van der Waals surface area contributed by atoms with E-state index in [1.165, 1.54) is 58.2 Å². The second kappa shape index (κ2) is 10.0. The second-order valence-electron chi connectivity index (χ2n) is 3.79. The Labute approximate surface area is 84.5 Å². The third-order valence-corrected chi connectivity index (χ3v) is 2.72. The molecule has 0 N–H and O–H groups in total. The van der Waals surface area contributed by atoms with Crippen molar-refractivity contribution in [2.45, 2.75) is 59.3 Å². The maximum Gasteiger partial charge on any atom is -0.00190 e. The van der Waals surface area contributed by atoms with Crippen LogP contribution in [0.3, 0.4) is 0 Å². The van der Waals surface area contributed by atoms with Gasteiger partial charge in [0.05, 0.1) is 0 Å². The van der Waals surface area contributed by atoms with Gasteiger partial charge in [0.2, 0.25) is 0 Å². The Kier molecular flexibility index (Phi) is 10.0. The summed E-state index contributed by atoms with van der Waals surface area (Å²) in [4.78, 5) is 2.51. The molecule has 0 aromatic heterocycles. The van der Waals surface area contributed by atoms with Crippen molar-refractivity contribution in [2.24, 2.45) is 0 Å². The van der Waals surface area contributed by atoms with Crippen molar-refractivity contribution in [3.63, 3.8) is 0 Å². The number of rotatable bonds is 9. The first-order chi connectivity index (χ1) is 6.35. The van der Waals surface area contributed by atoms with Crippen LogP contribution in [-0.4, -0.2) is 24.5 Å². The molecular weight excluding hydrogens is 158 g/mol. The monoisotopic (exact) mass is 185 g/mol. The Balaban J connectivity index is 3.05. The van der Waals surface area contributed by atoms with Crippen LogP contribution >= 0.6 is 0 Å². The molecule has 0 unspecified atom stereocenters. The first kappa shape index (κ1) is 13.0. The van der Waals surface area contributed by atoms with Crippen LogP contribution in [0.25, 0.3) is 0 Å². The van der Waals surface area contributed by atoms with Crippen LogP contribution in [0, 0.1) is 0 Å². The molecule has 0 aliphatic heterocycles. The van der Waals surface area contributed by atoms with E-state index >= 15 is 0 Å². The van der Waals surface area contributed by atoms with Gasteiger partial charge >= 0.3 is 0 Å². The molecule has 80 valence electrons. The molecule has 0 spiro atoms. The molecule has 0 saturated carbocycles. The van der Waals surface area contributed by atoms with Crippen molar-refractivity contribution < 1.29 is 0 Å². The standard InChI is InChI=1S/C12H27N/c1-4-7-8-9-10-11-12-13(5-2)6-3/h4-12H2,1-3H3. The summed E-state index contributed by atoms with van der Waals surface area (Å²) in [5.74, 6) is 0. The molecule has 13 heavy (non-hydrogen) atoms. The zero-order valence-corrected chi connectivity index (χ0v) is 9.81. The summed E-state index contributed by atoms with van der Waals surface area (Å²) >= 11 is 0. The van der Waals surface area contributed by atoms with Gasteiger partial charge in [0, 0.05) is 0 Å². The molecule has 1 nitrogen and oxygen atoms in total. The van der Waals surface area contributed by atoms with E-state index in [0.29, 0.717) is 0 Å². The summed E-state index contributed by atoms with van der Waals surface area (Å²) in [6, 6.07) is 0. The zero-order valence-electron chi connectivity index (χ0n) is 9.81. The maximum absolute atomic E-state index is 2.51. The number of unbranched alkanes of at least 4 members (excludes halogenated alkanes) is 5. The first-order valence-electron chi connectivity index (χ1n) is 6.07. The lowest BCUT2D eigenvalue weighted by molar-refractivity contribution is 0.295. The molecule has 0 bridgehead atoms. The smallest absolute Gasteiger partial charge is 0.00190 e. The number of nitrogens with zero attached hydrogens (tertiary/aromatic N) is 1. The zero-order chi connectivity index (χ0) is 9.94. The van der Waals surface area contributed by atoms with Crippen LogP contribution in [0.1, 0.15) is 59.3 Å². The van der Waals surface area contributed by atoms with Crippen molar-refractivity contribution in [3.05, 3.63) is 0 Å². The van der Waals surface area contributed by atoms with Crippen LogP contribution in [0.15, 0.2) is 0 Å². The minimum atomic E-state index is 1.21. The Bertz CT molecular complexity index is 87.1. The Morgan fingerprint density at radius 3 is 1.77 bits per heavy atom. The predicted octanol–water partition coefficient (Wildman–Crippen LogP) is 3.69. The summed E-state index contributed by atoms with van der Waals surface area (Å²) in [7, 11) is 0. The van der Waals surface area contributed by atoms with Gasteiger partial charge in [-0.2, -0.15) is 0 Å². The van der Waals surface area contributed by atoms with Crippen LogP contribution in [0.4, 0.5) is 0 Å². The lowest BCUT2D eigenvalue weighted by Gasteiger charge is -2.17. The summed E-state index contributed by atoms with van der Waals surface area (Å²) in [6.07, 6.45) is 8.48. The largest absolute Gasteiger partial charge is 0.304 e. The van der Waals surface area contributed by atoms with Gasteiger partial charge in [-0.1, -0.05) is 52.9 Å². The fourth-order valence-corrected chi connectivity index (χ4v) is 1.66. The maximum atomic E-state index is 2.51. The van der Waals surface area contributed by atoms with Gasteiger partial charge < -0.3 is 4.90 Å². The summed E-state index contributed by atoms with van der Waals surface area (Å²) in [5.41, 5.74) is 0. The highest BCUT2D eigenvalue weighted by Crippen LogP contribution is 2.05. The van der Waals surface area contributed by atoms with Crippen molar-refractivity contribution in [1.82, 2.24) is 4.90 Å². The molecule has 0 aromatic carbocycles. The lowest BCUT2D eigenvalue weighted by Crippen LogP contribution is -2.23. The van der Waals surface area contributed by atoms with Crippen molar-refractivity contribution in [3.8, 4) is 0 Å². The predicted molar refractivity (Wildman–Crippen MR) is 61.2 cm³/mol. The summed E-state index contributed by atoms with van der Waals surface area (Å²) in [6.45, 7) is 10.5. The van der Waals surface area contributed by atoms with Gasteiger partial charge in [-0.3, -0.25) is 0 Å². The minimum absolute atomic E-state index is 1.21. The normalized spacial score (nSPS) is 11.1. The van der Waals surface area contributed by atoms with E-state index < -0.39 is 0 Å². The quantitative estimate of drug-likeness (QED) is 0.495. The Morgan fingerprint density at radius 1 is 0.692 bits per heavy atom. The van der Waals surface area contributed by atoms with Crippen LogP contribution < -0.4 is 0 Å². The molecule has 0 rings (SSSR count). The number of hydrogen-bond acceptors (Lipinski definition) is 1. The second-order valence-corrected chi connectivity index (χ2v) is 3.79. The highest BCUT2D eigenvalue weighted by Gasteiger charge is 1.97. The molecule has 0 aliphatic carbocycles. The van der Waals surface area contributed by atoms with E-state index in [-0.39, 0.29) is 0 Å². The van der Waals surface area contributed by atoms with E-state index in [0.717, 1.165) is 0 Å². The highest BCUT2D eigenvalue weighted by molar-refractivity contribution is 4.52. The summed E-state index contributed by atoms with van der Waals surface area (Å²) in [5, 5.41) is 0. The molecule has 0 heterocycles. The molecule has 0 aliphatic rings. The molecule has 1 heteroatoms. The molecule has 0 fully saturated rings. The third-order valence-electron chi connectivity index (χ3n) is 2.72. The highest BCUT2D eigenvalue weighted by atomic mass is 15.1. The van der Waals surface area contributed by atoms with Gasteiger partial charge in [0.25, 0.3) is 0 Å². The van der Waals surface area contributed by atoms with Crippen LogP contribution in [0.2, 0.25) is 0 Å². The van der Waals surface area contributed by atoms with Gasteiger partial charge in [-0.05, 0) is 26.1 Å². The van der Waals surface area contributed by atoms with Gasteiger partial charge in [0.15, 0.2) is 0 Å². The van der Waals surface area contributed by atoms with E-state index in [9.17, 15) is 0 Å². The van der Waals surface area contributed by atoms with Crippen molar-refractivity contribution in [1.29, 1.82) is 0 Å². The van der Waals surface area contributed by atoms with E-state index in [2.05, 4.69) is 25.7 Å². The van der Waals surface area contributed by atoms with Gasteiger partial charge in [-0.25, -0.2) is 0 Å². The third kappa shape index (κ3) is 8.29. The fourth-order valence-electron chi connectivity index (χ4n) is 1.66. The number of hydrogen-bond donors (Lipinski definition) is 0. The Morgan fingerprint density at radius 2 is 1.23 bits per heavy atom. The average Bonchev–Trinajstić information content (AvgIpc) is 2.17. The molecule has 0 atom stereocenters. The summed E-state index contributed by atoms with van der Waals surface area (Å²) < 4.78 is 0. The fraction of sp³-hybridized carbons (Fsp3) is 1.00. The molecular formula is C12H27N. The van der Waals surface area contributed by atoms with E-state index in [1.54, 1.807) is 0 Å². The molecule has 0 saturated heterocycles. The lowest BCUT2D eigenvalue weighted by atomic mass is 10.1. The molecule has 0 amide bonds. The Hall–Kier alpha value is -0.0400.